The highest BCUT2D eigenvalue weighted by Crippen LogP contribution is 2.28. The van der Waals surface area contributed by atoms with E-state index in [0.717, 1.165) is 41.8 Å². The number of para-hydroxylation sites is 1. The number of fused-ring (bicyclic) bond motifs is 1. The number of nitrogens with zero attached hydrogens (tertiary/aromatic N) is 4. The van der Waals surface area contributed by atoms with Gasteiger partial charge in [0.15, 0.2) is 5.01 Å². The maximum Gasteiger partial charge on any atom is 0.282 e. The molecule has 0 unspecified atom stereocenters. The summed E-state index contributed by atoms with van der Waals surface area (Å²) in [7, 11) is 1.93. The first-order valence-electron chi connectivity index (χ1n) is 7.85. The highest BCUT2D eigenvalue weighted by Gasteiger charge is 2.28. The molecule has 0 saturated carbocycles. The van der Waals surface area contributed by atoms with Crippen LogP contribution in [0.5, 0.6) is 0 Å². The number of benzene rings is 1. The van der Waals surface area contributed by atoms with E-state index in [1.807, 2.05) is 47.1 Å². The van der Waals surface area contributed by atoms with Gasteiger partial charge in [-0.2, -0.15) is 5.10 Å². The van der Waals surface area contributed by atoms with Gasteiger partial charge in [0, 0.05) is 32.3 Å². The van der Waals surface area contributed by atoms with Crippen molar-refractivity contribution in [2.24, 2.45) is 7.05 Å². The van der Waals surface area contributed by atoms with Gasteiger partial charge in [-0.05, 0) is 31.0 Å². The Morgan fingerprint density at radius 1 is 1.30 bits per heavy atom. The van der Waals surface area contributed by atoms with Crippen LogP contribution in [-0.4, -0.2) is 38.7 Å². The van der Waals surface area contributed by atoms with Crippen molar-refractivity contribution in [3.63, 3.8) is 0 Å². The van der Waals surface area contributed by atoms with Crippen LogP contribution in [-0.2, 0) is 7.05 Å². The largest absolute Gasteiger partial charge is 0.336 e. The number of hydrogen-bond donors (Lipinski definition) is 0. The van der Waals surface area contributed by atoms with Crippen LogP contribution in [0.3, 0.4) is 0 Å². The van der Waals surface area contributed by atoms with Crippen molar-refractivity contribution in [1.29, 1.82) is 0 Å². The van der Waals surface area contributed by atoms with Crippen LogP contribution in [0.25, 0.3) is 10.2 Å². The van der Waals surface area contributed by atoms with E-state index in [0.29, 0.717) is 10.9 Å². The van der Waals surface area contributed by atoms with Crippen LogP contribution in [0.1, 0.15) is 34.3 Å². The Morgan fingerprint density at radius 2 is 2.17 bits per heavy atom. The van der Waals surface area contributed by atoms with Gasteiger partial charge in [-0.15, -0.1) is 11.3 Å². The second kappa shape index (κ2) is 5.77. The first kappa shape index (κ1) is 14.4. The number of carbonyl (C=O) groups excluding carboxylic acids is 1. The summed E-state index contributed by atoms with van der Waals surface area (Å²) < 4.78 is 2.89. The molecular weight excluding hydrogens is 308 g/mol. The fourth-order valence-corrected chi connectivity index (χ4v) is 4.09. The standard InChI is InChI=1S/C17H18N4OS/c1-20-10-8-13(19-20)12-5-4-9-21(11-12)17(22)16-18-14-6-2-3-7-15(14)23-16/h2-3,6-8,10,12H,4-5,9,11H2,1H3/t12-/m1/s1. The van der Waals surface area contributed by atoms with Crippen LogP contribution in [0.2, 0.25) is 0 Å². The van der Waals surface area contributed by atoms with Gasteiger partial charge in [-0.25, -0.2) is 4.98 Å². The predicted octanol–water partition coefficient (Wildman–Crippen LogP) is 3.05. The third-order valence-corrected chi connectivity index (χ3v) is 5.36. The van der Waals surface area contributed by atoms with E-state index in [1.165, 1.54) is 11.3 Å². The molecule has 1 saturated heterocycles. The molecule has 4 rings (SSSR count). The molecule has 2 aromatic heterocycles. The van der Waals surface area contributed by atoms with E-state index in [4.69, 9.17) is 0 Å². The summed E-state index contributed by atoms with van der Waals surface area (Å²) in [6, 6.07) is 9.95. The fraction of sp³-hybridized carbons (Fsp3) is 0.353. The smallest absolute Gasteiger partial charge is 0.282 e. The summed E-state index contributed by atoms with van der Waals surface area (Å²) in [5, 5.41) is 5.09. The molecular formula is C17H18N4OS. The minimum atomic E-state index is 0.0480. The second-order valence-corrected chi connectivity index (χ2v) is 7.02. The van der Waals surface area contributed by atoms with E-state index in [2.05, 4.69) is 16.1 Å². The van der Waals surface area contributed by atoms with Crippen LogP contribution < -0.4 is 0 Å². The first-order valence-corrected chi connectivity index (χ1v) is 8.67. The highest BCUT2D eigenvalue weighted by molar-refractivity contribution is 7.20. The molecule has 0 bridgehead atoms. The van der Waals surface area contributed by atoms with Crippen molar-refractivity contribution in [3.8, 4) is 0 Å². The number of hydrogen-bond acceptors (Lipinski definition) is 4. The molecule has 118 valence electrons. The van der Waals surface area contributed by atoms with Gasteiger partial charge in [-0.3, -0.25) is 9.48 Å². The normalized spacial score (nSPS) is 18.5. The third kappa shape index (κ3) is 2.74. The number of piperidine rings is 1. The van der Waals surface area contributed by atoms with Crippen LogP contribution in [0.4, 0.5) is 0 Å². The number of aromatic nitrogens is 3. The molecule has 1 aliphatic heterocycles. The summed E-state index contributed by atoms with van der Waals surface area (Å²) in [5.74, 6) is 0.370. The number of carbonyl (C=O) groups is 1. The summed E-state index contributed by atoms with van der Waals surface area (Å²) in [6.07, 6.45) is 4.06. The van der Waals surface area contributed by atoms with Crippen molar-refractivity contribution in [3.05, 3.63) is 47.2 Å². The summed E-state index contributed by atoms with van der Waals surface area (Å²) in [4.78, 5) is 19.2. The Balaban J connectivity index is 1.55. The zero-order chi connectivity index (χ0) is 15.8. The molecule has 0 N–H and O–H groups in total. The second-order valence-electron chi connectivity index (χ2n) is 5.99. The van der Waals surface area contributed by atoms with E-state index in [1.54, 1.807) is 0 Å². The Hall–Kier alpha value is -2.21. The molecule has 5 nitrogen and oxygen atoms in total. The number of aryl methyl sites for hydroxylation is 1. The maximum atomic E-state index is 12.8. The molecule has 23 heavy (non-hydrogen) atoms. The molecule has 1 fully saturated rings. The molecule has 0 radical (unpaired) electrons. The fourth-order valence-electron chi connectivity index (χ4n) is 3.15. The van der Waals surface area contributed by atoms with Crippen molar-refractivity contribution in [1.82, 2.24) is 19.7 Å². The molecule has 1 atom stereocenters. The first-order chi connectivity index (χ1) is 11.2. The number of rotatable bonds is 2. The van der Waals surface area contributed by atoms with Crippen molar-refractivity contribution < 1.29 is 4.79 Å². The Labute approximate surface area is 138 Å². The zero-order valence-electron chi connectivity index (χ0n) is 13.0. The van der Waals surface area contributed by atoms with Crippen LogP contribution in [0, 0.1) is 0 Å². The van der Waals surface area contributed by atoms with Gasteiger partial charge in [-0.1, -0.05) is 12.1 Å². The maximum absolute atomic E-state index is 12.8. The Bertz CT molecular complexity index is 820. The van der Waals surface area contributed by atoms with Crippen molar-refractivity contribution in [2.75, 3.05) is 13.1 Å². The topological polar surface area (TPSA) is 51.0 Å². The SMILES string of the molecule is Cn1ccc([C@@H]2CCCN(C(=O)c3nc4ccccc4s3)C2)n1. The molecule has 3 aromatic rings. The Morgan fingerprint density at radius 3 is 2.96 bits per heavy atom. The van der Waals surface area contributed by atoms with Gasteiger partial charge in [0.05, 0.1) is 15.9 Å². The molecule has 0 aliphatic carbocycles. The zero-order valence-corrected chi connectivity index (χ0v) is 13.8. The molecule has 3 heterocycles. The van der Waals surface area contributed by atoms with Crippen molar-refractivity contribution >= 4 is 27.5 Å². The summed E-state index contributed by atoms with van der Waals surface area (Å²) >= 11 is 1.48. The summed E-state index contributed by atoms with van der Waals surface area (Å²) in [6.45, 7) is 1.53. The molecule has 1 aromatic carbocycles. The van der Waals surface area contributed by atoms with Gasteiger partial charge in [0.2, 0.25) is 0 Å². The monoisotopic (exact) mass is 326 g/mol. The average Bonchev–Trinajstić information content (AvgIpc) is 3.20. The molecule has 1 aliphatic rings. The quantitative estimate of drug-likeness (QED) is 0.727. The average molecular weight is 326 g/mol. The van der Waals surface area contributed by atoms with E-state index < -0.39 is 0 Å². The molecule has 0 spiro atoms. The number of amides is 1. The van der Waals surface area contributed by atoms with Gasteiger partial charge in [0.25, 0.3) is 5.91 Å². The minimum Gasteiger partial charge on any atom is -0.336 e. The van der Waals surface area contributed by atoms with E-state index in [9.17, 15) is 4.79 Å². The lowest BCUT2D eigenvalue weighted by molar-refractivity contribution is 0.0705. The lowest BCUT2D eigenvalue weighted by Gasteiger charge is -2.31. The third-order valence-electron chi connectivity index (χ3n) is 4.34. The van der Waals surface area contributed by atoms with Gasteiger partial charge >= 0.3 is 0 Å². The molecule has 1 amide bonds. The highest BCUT2D eigenvalue weighted by atomic mass is 32.1. The number of likely N-dealkylation sites (tertiary alicyclic amines) is 1. The predicted molar refractivity (Wildman–Crippen MR) is 90.7 cm³/mol. The Kier molecular flexibility index (Phi) is 3.61. The summed E-state index contributed by atoms with van der Waals surface area (Å²) in [5.41, 5.74) is 1.98. The van der Waals surface area contributed by atoms with Crippen molar-refractivity contribution in [2.45, 2.75) is 18.8 Å². The van der Waals surface area contributed by atoms with Gasteiger partial charge < -0.3 is 4.90 Å². The molecule has 6 heteroatoms. The van der Waals surface area contributed by atoms with Crippen LogP contribution >= 0.6 is 11.3 Å². The van der Waals surface area contributed by atoms with Crippen LogP contribution in [0.15, 0.2) is 36.5 Å². The van der Waals surface area contributed by atoms with E-state index in [-0.39, 0.29) is 5.91 Å². The number of thiazole rings is 1. The van der Waals surface area contributed by atoms with E-state index >= 15 is 0 Å². The minimum absolute atomic E-state index is 0.0480. The lowest BCUT2D eigenvalue weighted by atomic mass is 9.95. The lowest BCUT2D eigenvalue weighted by Crippen LogP contribution is -2.39. The van der Waals surface area contributed by atoms with Gasteiger partial charge in [0.1, 0.15) is 0 Å².